The number of benzene rings is 1. The van der Waals surface area contributed by atoms with Crippen LogP contribution in [0.15, 0.2) is 36.5 Å². The molecular weight excluding hydrogens is 384 g/mol. The number of hydrogen-bond donors (Lipinski definition) is 1. The van der Waals surface area contributed by atoms with E-state index in [1.54, 1.807) is 24.3 Å². The first-order valence-electron chi connectivity index (χ1n) is 9.14. The van der Waals surface area contributed by atoms with E-state index in [1.165, 1.54) is 18.7 Å². The molecule has 2 aliphatic rings. The van der Waals surface area contributed by atoms with Crippen LogP contribution < -0.4 is 14.8 Å². The molecule has 1 aliphatic heterocycles. The van der Waals surface area contributed by atoms with Crippen molar-refractivity contribution in [3.05, 3.63) is 47.2 Å². The van der Waals surface area contributed by atoms with Crippen molar-refractivity contribution in [2.75, 3.05) is 11.9 Å². The number of nitrogens with one attached hydrogen (secondary N) is 1. The van der Waals surface area contributed by atoms with Gasteiger partial charge in [-0.3, -0.25) is 4.79 Å². The molecule has 0 radical (unpaired) electrons. The predicted molar refractivity (Wildman–Crippen MR) is 102 cm³/mol. The van der Waals surface area contributed by atoms with Crippen LogP contribution in [-0.4, -0.2) is 29.3 Å². The van der Waals surface area contributed by atoms with E-state index in [-0.39, 0.29) is 10.7 Å². The van der Waals surface area contributed by atoms with Crippen molar-refractivity contribution in [2.45, 2.75) is 37.9 Å². The van der Waals surface area contributed by atoms with E-state index in [4.69, 9.17) is 25.8 Å². The number of aromatic nitrogens is 1. The summed E-state index contributed by atoms with van der Waals surface area (Å²) in [6, 6.07) is 8.26. The van der Waals surface area contributed by atoms with Gasteiger partial charge in [0.25, 0.3) is 11.7 Å². The van der Waals surface area contributed by atoms with Gasteiger partial charge in [0.1, 0.15) is 5.15 Å². The van der Waals surface area contributed by atoms with Crippen molar-refractivity contribution < 1.29 is 23.8 Å². The third kappa shape index (κ3) is 3.89. The van der Waals surface area contributed by atoms with Crippen molar-refractivity contribution in [1.29, 1.82) is 0 Å². The summed E-state index contributed by atoms with van der Waals surface area (Å²) < 4.78 is 17.1. The number of pyridine rings is 1. The van der Waals surface area contributed by atoms with E-state index in [0.717, 1.165) is 25.7 Å². The fourth-order valence-electron chi connectivity index (χ4n) is 3.41. The Morgan fingerprint density at radius 2 is 1.93 bits per heavy atom. The zero-order valence-electron chi connectivity index (χ0n) is 15.1. The van der Waals surface area contributed by atoms with Crippen molar-refractivity contribution in [3.63, 3.8) is 0 Å². The lowest BCUT2D eigenvalue weighted by Crippen LogP contribution is -2.40. The van der Waals surface area contributed by atoms with Gasteiger partial charge < -0.3 is 19.5 Å². The van der Waals surface area contributed by atoms with Crippen LogP contribution in [0.25, 0.3) is 0 Å². The number of halogens is 1. The first kappa shape index (κ1) is 18.6. The van der Waals surface area contributed by atoms with Crippen molar-refractivity contribution >= 4 is 29.2 Å². The number of carbonyl (C=O) groups excluding carboxylic acids is 2. The molecule has 2 heterocycles. The van der Waals surface area contributed by atoms with Gasteiger partial charge in [-0.25, -0.2) is 9.78 Å². The van der Waals surface area contributed by atoms with Crippen LogP contribution in [0.5, 0.6) is 11.5 Å². The molecule has 1 fully saturated rings. The van der Waals surface area contributed by atoms with Crippen LogP contribution in [0.3, 0.4) is 0 Å². The normalized spacial score (nSPS) is 16.6. The molecule has 28 heavy (non-hydrogen) atoms. The molecule has 8 heteroatoms. The van der Waals surface area contributed by atoms with Gasteiger partial charge in [-0.15, -0.1) is 0 Å². The number of amides is 1. The highest BCUT2D eigenvalue weighted by Gasteiger charge is 2.42. The number of rotatable bonds is 4. The minimum Gasteiger partial charge on any atom is -0.452 e. The molecule has 0 atom stereocenters. The highest BCUT2D eigenvalue weighted by molar-refractivity contribution is 6.32. The molecule has 0 bridgehead atoms. The average Bonchev–Trinajstić information content (AvgIpc) is 3.03. The first-order chi connectivity index (χ1) is 13.5. The number of hydrogen-bond acceptors (Lipinski definition) is 6. The molecule has 1 aromatic heterocycles. The number of nitrogens with zero attached hydrogens (tertiary/aromatic N) is 1. The van der Waals surface area contributed by atoms with Crippen LogP contribution in [-0.2, 0) is 9.53 Å². The van der Waals surface area contributed by atoms with Crippen molar-refractivity contribution in [1.82, 2.24) is 4.98 Å². The number of anilines is 1. The molecular formula is C20H19ClN2O5. The minimum atomic E-state index is -0.710. The summed E-state index contributed by atoms with van der Waals surface area (Å²) >= 11 is 5.84. The first-order valence-corrected chi connectivity index (χ1v) is 9.52. The van der Waals surface area contributed by atoms with Crippen LogP contribution in [0.4, 0.5) is 5.69 Å². The summed E-state index contributed by atoms with van der Waals surface area (Å²) in [5.74, 6) is -0.462. The van der Waals surface area contributed by atoms with Gasteiger partial charge in [0.05, 0.1) is 5.56 Å². The second kappa shape index (κ2) is 7.67. The van der Waals surface area contributed by atoms with Gasteiger partial charge in [0.15, 0.2) is 18.1 Å². The Morgan fingerprint density at radius 3 is 2.71 bits per heavy atom. The molecule has 1 spiro atoms. The maximum atomic E-state index is 12.1. The molecule has 0 unspecified atom stereocenters. The summed E-state index contributed by atoms with van der Waals surface area (Å²) in [5, 5.41) is 2.71. The largest absolute Gasteiger partial charge is 0.452 e. The second-order valence-corrected chi connectivity index (χ2v) is 7.16. The van der Waals surface area contributed by atoms with Crippen molar-refractivity contribution in [2.24, 2.45) is 0 Å². The van der Waals surface area contributed by atoms with E-state index in [1.807, 2.05) is 0 Å². The zero-order valence-corrected chi connectivity index (χ0v) is 15.8. The van der Waals surface area contributed by atoms with E-state index in [9.17, 15) is 9.59 Å². The van der Waals surface area contributed by atoms with Gasteiger partial charge in [-0.05, 0) is 37.1 Å². The summed E-state index contributed by atoms with van der Waals surface area (Å²) in [6.45, 7) is -0.442. The SMILES string of the molecule is O=C(COC(=O)c1cccnc1Cl)Nc1ccc2c(c1)OC1(CCCCC1)O2. The van der Waals surface area contributed by atoms with E-state index < -0.39 is 24.3 Å². The van der Waals surface area contributed by atoms with Crippen LogP contribution >= 0.6 is 11.6 Å². The monoisotopic (exact) mass is 402 g/mol. The van der Waals surface area contributed by atoms with Crippen molar-refractivity contribution in [3.8, 4) is 11.5 Å². The summed E-state index contributed by atoms with van der Waals surface area (Å²) in [5.41, 5.74) is 0.647. The number of fused-ring (bicyclic) bond motifs is 1. The lowest BCUT2D eigenvalue weighted by Gasteiger charge is -2.31. The topological polar surface area (TPSA) is 86.8 Å². The minimum absolute atomic E-state index is 0.0281. The Labute approximate surface area is 166 Å². The quantitative estimate of drug-likeness (QED) is 0.615. The molecule has 1 aromatic carbocycles. The molecule has 1 amide bonds. The number of esters is 1. The second-order valence-electron chi connectivity index (χ2n) is 6.80. The highest BCUT2D eigenvalue weighted by Crippen LogP contribution is 2.46. The third-order valence-corrected chi connectivity index (χ3v) is 5.05. The van der Waals surface area contributed by atoms with E-state index >= 15 is 0 Å². The molecule has 146 valence electrons. The maximum absolute atomic E-state index is 12.1. The standard InChI is InChI=1S/C20H19ClN2O5/c21-18-14(5-4-10-22-18)19(25)26-12-17(24)23-13-6-7-15-16(11-13)28-20(27-15)8-2-1-3-9-20/h4-7,10-11H,1-3,8-9,12H2,(H,23,24). The smallest absolute Gasteiger partial charge is 0.341 e. The molecule has 1 saturated carbocycles. The number of carbonyl (C=O) groups is 2. The van der Waals surface area contributed by atoms with Gasteiger partial charge in [-0.1, -0.05) is 18.0 Å². The lowest BCUT2D eigenvalue weighted by molar-refractivity contribution is -0.119. The maximum Gasteiger partial charge on any atom is 0.341 e. The molecule has 7 nitrogen and oxygen atoms in total. The Morgan fingerprint density at radius 1 is 1.14 bits per heavy atom. The lowest BCUT2D eigenvalue weighted by atomic mass is 9.94. The Bertz CT molecular complexity index is 911. The van der Waals surface area contributed by atoms with Gasteiger partial charge in [0.2, 0.25) is 0 Å². The Kier molecular flexibility index (Phi) is 5.09. The fourth-order valence-corrected chi connectivity index (χ4v) is 3.61. The van der Waals surface area contributed by atoms with Gasteiger partial charge in [0, 0.05) is 30.8 Å². The molecule has 2 aromatic rings. The third-order valence-electron chi connectivity index (χ3n) is 4.75. The Hall–Kier alpha value is -2.80. The van der Waals surface area contributed by atoms with E-state index in [0.29, 0.717) is 17.2 Å². The van der Waals surface area contributed by atoms with Crippen LogP contribution in [0, 0.1) is 0 Å². The fraction of sp³-hybridized carbons (Fsp3) is 0.350. The molecule has 1 aliphatic carbocycles. The number of ether oxygens (including phenoxy) is 3. The van der Waals surface area contributed by atoms with Crippen LogP contribution in [0.1, 0.15) is 42.5 Å². The van der Waals surface area contributed by atoms with Gasteiger partial charge >= 0.3 is 5.97 Å². The average molecular weight is 403 g/mol. The molecule has 0 saturated heterocycles. The predicted octanol–water partition coefficient (Wildman–Crippen LogP) is 3.96. The van der Waals surface area contributed by atoms with E-state index in [2.05, 4.69) is 10.3 Å². The highest BCUT2D eigenvalue weighted by atomic mass is 35.5. The molecule has 1 N–H and O–H groups in total. The van der Waals surface area contributed by atoms with Gasteiger partial charge in [-0.2, -0.15) is 0 Å². The van der Waals surface area contributed by atoms with Crippen LogP contribution in [0.2, 0.25) is 5.15 Å². The summed E-state index contributed by atoms with van der Waals surface area (Å²) in [7, 11) is 0. The summed E-state index contributed by atoms with van der Waals surface area (Å²) in [6.07, 6.45) is 6.51. The summed E-state index contributed by atoms with van der Waals surface area (Å²) in [4.78, 5) is 27.9. The zero-order chi connectivity index (χ0) is 19.6. The Balaban J connectivity index is 1.34. The molecule has 4 rings (SSSR count).